The number of rotatable bonds is 3. The summed E-state index contributed by atoms with van der Waals surface area (Å²) < 4.78 is 5.76. The fraction of sp³-hybridized carbons (Fsp3) is 1.00. The zero-order valence-electron chi connectivity index (χ0n) is 7.48. The normalized spacial score (nSPS) is 20.1. The van der Waals surface area contributed by atoms with E-state index in [1.807, 2.05) is 0 Å². The van der Waals surface area contributed by atoms with Crippen LogP contribution in [0.1, 0.15) is 40.5 Å². The van der Waals surface area contributed by atoms with Crippen molar-refractivity contribution in [3.8, 4) is 0 Å². The van der Waals surface area contributed by atoms with E-state index in [1.54, 1.807) is 0 Å². The molecule has 1 rings (SSSR count). The standard InChI is InChI=1S/C9H18O/c1-7(2)10-9(3,4)8-5-6-8/h7-8H,5-6H2,1-4H3. The lowest BCUT2D eigenvalue weighted by Gasteiger charge is -2.27. The van der Waals surface area contributed by atoms with Crippen molar-refractivity contribution in [2.75, 3.05) is 0 Å². The third kappa shape index (κ3) is 1.98. The van der Waals surface area contributed by atoms with Crippen LogP contribution in [0.3, 0.4) is 0 Å². The molecular formula is C9H18O. The summed E-state index contributed by atoms with van der Waals surface area (Å²) in [5, 5.41) is 0. The summed E-state index contributed by atoms with van der Waals surface area (Å²) in [5.74, 6) is 0.829. The second-order valence-electron chi connectivity index (χ2n) is 4.04. The van der Waals surface area contributed by atoms with Crippen LogP contribution in [-0.2, 0) is 4.74 Å². The molecule has 0 radical (unpaired) electrons. The highest BCUT2D eigenvalue weighted by Crippen LogP contribution is 2.41. The van der Waals surface area contributed by atoms with Crippen LogP contribution in [0.5, 0.6) is 0 Å². The molecule has 0 aromatic carbocycles. The Morgan fingerprint density at radius 3 is 2.10 bits per heavy atom. The Kier molecular flexibility index (Phi) is 2.04. The summed E-state index contributed by atoms with van der Waals surface area (Å²) in [6, 6.07) is 0. The van der Waals surface area contributed by atoms with Crippen molar-refractivity contribution in [2.24, 2.45) is 5.92 Å². The van der Waals surface area contributed by atoms with E-state index in [0.29, 0.717) is 6.10 Å². The molecule has 1 fully saturated rings. The van der Waals surface area contributed by atoms with Crippen molar-refractivity contribution < 1.29 is 4.74 Å². The lowest BCUT2D eigenvalue weighted by Crippen LogP contribution is -2.30. The van der Waals surface area contributed by atoms with E-state index in [9.17, 15) is 0 Å². The van der Waals surface area contributed by atoms with Crippen LogP contribution in [0.25, 0.3) is 0 Å². The lowest BCUT2D eigenvalue weighted by atomic mass is 10.0. The molecule has 0 spiro atoms. The Morgan fingerprint density at radius 2 is 1.80 bits per heavy atom. The van der Waals surface area contributed by atoms with Gasteiger partial charge in [-0.15, -0.1) is 0 Å². The van der Waals surface area contributed by atoms with Crippen LogP contribution in [0, 0.1) is 5.92 Å². The second-order valence-corrected chi connectivity index (χ2v) is 4.04. The Balaban J connectivity index is 2.34. The average Bonchev–Trinajstić information content (AvgIpc) is 2.35. The Hall–Kier alpha value is -0.0400. The first-order chi connectivity index (χ1) is 4.52. The third-order valence-electron chi connectivity index (χ3n) is 2.10. The zero-order chi connectivity index (χ0) is 7.78. The van der Waals surface area contributed by atoms with Gasteiger partial charge in [-0.1, -0.05) is 0 Å². The number of hydrogen-bond donors (Lipinski definition) is 0. The van der Waals surface area contributed by atoms with Gasteiger partial charge >= 0.3 is 0 Å². The summed E-state index contributed by atoms with van der Waals surface area (Å²) >= 11 is 0. The number of hydrogen-bond acceptors (Lipinski definition) is 1. The molecule has 0 bridgehead atoms. The van der Waals surface area contributed by atoms with Crippen molar-refractivity contribution in [3.63, 3.8) is 0 Å². The van der Waals surface area contributed by atoms with Crippen LogP contribution in [0.2, 0.25) is 0 Å². The van der Waals surface area contributed by atoms with Crippen molar-refractivity contribution in [2.45, 2.75) is 52.2 Å². The molecule has 0 unspecified atom stereocenters. The molecule has 0 aromatic heterocycles. The van der Waals surface area contributed by atoms with E-state index in [0.717, 1.165) is 5.92 Å². The average molecular weight is 142 g/mol. The summed E-state index contributed by atoms with van der Waals surface area (Å²) in [7, 11) is 0. The van der Waals surface area contributed by atoms with Crippen LogP contribution in [0.15, 0.2) is 0 Å². The fourth-order valence-corrected chi connectivity index (χ4v) is 1.48. The summed E-state index contributed by atoms with van der Waals surface area (Å²) in [5.41, 5.74) is 0.133. The maximum atomic E-state index is 5.76. The summed E-state index contributed by atoms with van der Waals surface area (Å²) in [6.45, 7) is 8.60. The van der Waals surface area contributed by atoms with Crippen molar-refractivity contribution in [3.05, 3.63) is 0 Å². The molecule has 0 N–H and O–H groups in total. The van der Waals surface area contributed by atoms with Crippen molar-refractivity contribution >= 4 is 0 Å². The van der Waals surface area contributed by atoms with Crippen LogP contribution in [-0.4, -0.2) is 11.7 Å². The highest BCUT2D eigenvalue weighted by atomic mass is 16.5. The van der Waals surface area contributed by atoms with Gasteiger partial charge in [-0.2, -0.15) is 0 Å². The topological polar surface area (TPSA) is 9.23 Å². The molecule has 1 aliphatic carbocycles. The maximum absolute atomic E-state index is 5.76. The molecular weight excluding hydrogens is 124 g/mol. The first-order valence-electron chi connectivity index (χ1n) is 4.20. The second kappa shape index (κ2) is 2.54. The van der Waals surface area contributed by atoms with Gasteiger partial charge in [-0.3, -0.25) is 0 Å². The minimum atomic E-state index is 0.133. The van der Waals surface area contributed by atoms with Crippen molar-refractivity contribution in [1.29, 1.82) is 0 Å². The lowest BCUT2D eigenvalue weighted by molar-refractivity contribution is -0.0695. The van der Waals surface area contributed by atoms with E-state index < -0.39 is 0 Å². The SMILES string of the molecule is CC(C)OC(C)(C)C1CC1. The fourth-order valence-electron chi connectivity index (χ4n) is 1.48. The largest absolute Gasteiger partial charge is 0.373 e. The first-order valence-corrected chi connectivity index (χ1v) is 4.20. The van der Waals surface area contributed by atoms with Gasteiger partial charge in [0.05, 0.1) is 11.7 Å². The maximum Gasteiger partial charge on any atom is 0.0658 e. The molecule has 10 heavy (non-hydrogen) atoms. The highest BCUT2D eigenvalue weighted by molar-refractivity contribution is 4.89. The molecule has 60 valence electrons. The van der Waals surface area contributed by atoms with Gasteiger partial charge < -0.3 is 4.74 Å². The summed E-state index contributed by atoms with van der Waals surface area (Å²) in [4.78, 5) is 0. The van der Waals surface area contributed by atoms with Crippen molar-refractivity contribution in [1.82, 2.24) is 0 Å². The van der Waals surface area contributed by atoms with E-state index in [1.165, 1.54) is 12.8 Å². The van der Waals surface area contributed by atoms with Gasteiger partial charge in [-0.25, -0.2) is 0 Å². The molecule has 1 nitrogen and oxygen atoms in total. The van der Waals surface area contributed by atoms with Crippen LogP contribution in [0.4, 0.5) is 0 Å². The van der Waals surface area contributed by atoms with E-state index in [4.69, 9.17) is 4.74 Å². The quantitative estimate of drug-likeness (QED) is 0.588. The highest BCUT2D eigenvalue weighted by Gasteiger charge is 2.38. The van der Waals surface area contributed by atoms with E-state index in [2.05, 4.69) is 27.7 Å². The van der Waals surface area contributed by atoms with Gasteiger partial charge in [-0.05, 0) is 46.5 Å². The molecule has 1 heteroatoms. The summed E-state index contributed by atoms with van der Waals surface area (Å²) in [6.07, 6.45) is 3.09. The smallest absolute Gasteiger partial charge is 0.0658 e. The monoisotopic (exact) mass is 142 g/mol. The molecule has 0 aliphatic heterocycles. The third-order valence-corrected chi connectivity index (χ3v) is 2.10. The van der Waals surface area contributed by atoms with Gasteiger partial charge in [0.25, 0.3) is 0 Å². The first kappa shape index (κ1) is 8.06. The molecule has 1 saturated carbocycles. The Bertz CT molecular complexity index is 112. The predicted octanol–water partition coefficient (Wildman–Crippen LogP) is 2.60. The Labute approximate surface area is 63.8 Å². The van der Waals surface area contributed by atoms with Gasteiger partial charge in [0.15, 0.2) is 0 Å². The Morgan fingerprint density at radius 1 is 1.30 bits per heavy atom. The minimum absolute atomic E-state index is 0.133. The van der Waals surface area contributed by atoms with Crippen LogP contribution >= 0.6 is 0 Å². The molecule has 0 heterocycles. The van der Waals surface area contributed by atoms with Gasteiger partial charge in [0, 0.05) is 0 Å². The molecule has 0 atom stereocenters. The van der Waals surface area contributed by atoms with Gasteiger partial charge in [0.2, 0.25) is 0 Å². The van der Waals surface area contributed by atoms with E-state index >= 15 is 0 Å². The molecule has 0 aromatic rings. The van der Waals surface area contributed by atoms with Crippen LogP contribution < -0.4 is 0 Å². The minimum Gasteiger partial charge on any atom is -0.373 e. The molecule has 0 saturated heterocycles. The number of ether oxygens (including phenoxy) is 1. The van der Waals surface area contributed by atoms with E-state index in [-0.39, 0.29) is 5.60 Å². The zero-order valence-corrected chi connectivity index (χ0v) is 7.48. The molecule has 1 aliphatic rings. The predicted molar refractivity (Wildman–Crippen MR) is 43.0 cm³/mol. The van der Waals surface area contributed by atoms with Gasteiger partial charge in [0.1, 0.15) is 0 Å². The molecule has 0 amide bonds.